The molecule has 8 heteroatoms. The van der Waals surface area contributed by atoms with Gasteiger partial charge in [-0.25, -0.2) is 0 Å². The van der Waals surface area contributed by atoms with Crippen molar-refractivity contribution in [2.45, 2.75) is 0 Å². The Labute approximate surface area is 89.8 Å². The molecule has 2 N–H and O–H groups in total. The molecule has 0 saturated carbocycles. The maximum Gasteiger partial charge on any atom is 1.00 e. The number of hydrogen-bond donors (Lipinski definition) is 2. The van der Waals surface area contributed by atoms with Gasteiger partial charge in [-0.15, -0.1) is 0 Å². The molecule has 0 atom stereocenters. The Balaban J connectivity index is 0. The number of nitrogens with zero attached hydrogens (tertiary/aromatic N) is 1. The maximum atomic E-state index is 10.1. The average Bonchev–Trinajstić information content (AvgIpc) is 1.80. The number of carboxylic acids is 3. The average molecular weight is 254 g/mol. The van der Waals surface area contributed by atoms with Crippen molar-refractivity contribution in [2.24, 2.45) is 0 Å². The van der Waals surface area contributed by atoms with Gasteiger partial charge in [-0.1, -0.05) is 0 Å². The smallest absolute Gasteiger partial charge is 0.549 e. The third kappa shape index (κ3) is 8.98. The van der Waals surface area contributed by atoms with Gasteiger partial charge >= 0.3 is 29.0 Å². The Morgan fingerprint density at radius 1 is 1.00 bits per heavy atom. The van der Waals surface area contributed by atoms with E-state index in [0.29, 0.717) is 0 Å². The molecule has 0 heterocycles. The third-order valence-electron chi connectivity index (χ3n) is 1.07. The zero-order valence-electron chi connectivity index (χ0n) is 6.90. The molecule has 0 aliphatic heterocycles. The van der Waals surface area contributed by atoms with Crippen molar-refractivity contribution >= 4 is 17.9 Å². The van der Waals surface area contributed by atoms with Crippen molar-refractivity contribution in [1.29, 1.82) is 0 Å². The van der Waals surface area contributed by atoms with Crippen LogP contribution < -0.4 is 5.11 Å². The van der Waals surface area contributed by atoms with Crippen molar-refractivity contribution in [2.75, 3.05) is 19.6 Å². The molecule has 0 bridgehead atoms. The van der Waals surface area contributed by atoms with Crippen LogP contribution in [0, 0.1) is 0 Å². The first-order valence-corrected chi connectivity index (χ1v) is 3.27. The first-order valence-electron chi connectivity index (χ1n) is 3.27. The molecule has 14 heavy (non-hydrogen) atoms. The minimum Gasteiger partial charge on any atom is -0.549 e. The van der Waals surface area contributed by atoms with Gasteiger partial charge in [0.05, 0.1) is 19.1 Å². The molecule has 0 aromatic carbocycles. The quantitative estimate of drug-likeness (QED) is 0.491. The summed E-state index contributed by atoms with van der Waals surface area (Å²) in [6.07, 6.45) is 0. The second kappa shape index (κ2) is 7.31. The van der Waals surface area contributed by atoms with E-state index in [1.165, 1.54) is 0 Å². The van der Waals surface area contributed by atoms with Crippen LogP contribution in [0.4, 0.5) is 0 Å². The predicted molar refractivity (Wildman–Crippen MR) is 36.7 cm³/mol. The molecule has 0 saturated heterocycles. The van der Waals surface area contributed by atoms with Crippen LogP contribution in [-0.2, 0) is 31.5 Å². The summed E-state index contributed by atoms with van der Waals surface area (Å²) in [7, 11) is 0. The number of carbonyl (C=O) groups excluding carboxylic acids is 1. The fourth-order valence-electron chi connectivity index (χ4n) is 0.733. The Hall–Kier alpha value is -1.11. The molecule has 0 unspecified atom stereocenters. The largest absolute Gasteiger partial charge is 1.00 e. The second-order valence-corrected chi connectivity index (χ2v) is 2.30. The topological polar surface area (TPSA) is 118 Å². The summed E-state index contributed by atoms with van der Waals surface area (Å²) >= 11 is 0. The fraction of sp³-hybridized carbons (Fsp3) is 0.500. The summed E-state index contributed by atoms with van der Waals surface area (Å²) in [5.74, 6) is -4.09. The SMILES string of the molecule is O=C([O-])CN(CC(=O)O)CC(=O)O.[Cu+]. The molecule has 0 radical (unpaired) electrons. The Morgan fingerprint density at radius 2 is 1.36 bits per heavy atom. The normalized spacial score (nSPS) is 9.21. The third-order valence-corrected chi connectivity index (χ3v) is 1.07. The van der Waals surface area contributed by atoms with Crippen LogP contribution in [-0.4, -0.2) is 52.7 Å². The summed E-state index contributed by atoms with van der Waals surface area (Å²) in [4.78, 5) is 31.0. The van der Waals surface area contributed by atoms with E-state index in [0.717, 1.165) is 4.90 Å². The van der Waals surface area contributed by atoms with Crippen LogP contribution in [0.3, 0.4) is 0 Å². The Morgan fingerprint density at radius 3 is 1.57 bits per heavy atom. The zero-order chi connectivity index (χ0) is 10.4. The summed E-state index contributed by atoms with van der Waals surface area (Å²) < 4.78 is 0. The second-order valence-electron chi connectivity index (χ2n) is 2.30. The van der Waals surface area contributed by atoms with E-state index in [9.17, 15) is 19.5 Å². The molecule has 0 spiro atoms. The van der Waals surface area contributed by atoms with Gasteiger partial charge in [-0.2, -0.15) is 0 Å². The summed E-state index contributed by atoms with van der Waals surface area (Å²) in [6, 6.07) is 0. The molecule has 0 aromatic rings. The van der Waals surface area contributed by atoms with Crippen LogP contribution in [0.2, 0.25) is 0 Å². The minimum absolute atomic E-state index is 0. The molecule has 0 amide bonds. The molecule has 7 nitrogen and oxygen atoms in total. The van der Waals surface area contributed by atoms with Gasteiger partial charge in [-0.05, 0) is 0 Å². The van der Waals surface area contributed by atoms with Crippen molar-refractivity contribution in [3.63, 3.8) is 0 Å². The number of aliphatic carboxylic acids is 3. The van der Waals surface area contributed by atoms with E-state index in [2.05, 4.69) is 0 Å². The number of hydrogen-bond acceptors (Lipinski definition) is 5. The van der Waals surface area contributed by atoms with Gasteiger partial charge in [0.1, 0.15) is 0 Å². The Bertz CT molecular complexity index is 192. The van der Waals surface area contributed by atoms with E-state index in [1.54, 1.807) is 0 Å². The van der Waals surface area contributed by atoms with Crippen molar-refractivity contribution in [3.05, 3.63) is 0 Å². The van der Waals surface area contributed by atoms with E-state index in [-0.39, 0.29) is 17.1 Å². The molecule has 0 aromatic heterocycles. The summed E-state index contributed by atoms with van der Waals surface area (Å²) in [5, 5.41) is 26.6. The molecule has 0 aliphatic carbocycles. The van der Waals surface area contributed by atoms with Crippen molar-refractivity contribution in [1.82, 2.24) is 4.90 Å². The molecular formula is C6H8CuNO6. The molecule has 0 fully saturated rings. The van der Waals surface area contributed by atoms with Gasteiger partial charge in [0.2, 0.25) is 0 Å². The monoisotopic (exact) mass is 253 g/mol. The van der Waals surface area contributed by atoms with Gasteiger partial charge in [-0.3, -0.25) is 14.5 Å². The van der Waals surface area contributed by atoms with E-state index in [4.69, 9.17) is 10.2 Å². The first kappa shape index (κ1) is 15.4. The van der Waals surface area contributed by atoms with E-state index < -0.39 is 37.5 Å². The van der Waals surface area contributed by atoms with Crippen LogP contribution in [0.5, 0.6) is 0 Å². The molecule has 0 rings (SSSR count). The van der Waals surface area contributed by atoms with Gasteiger partial charge in [0, 0.05) is 6.54 Å². The van der Waals surface area contributed by atoms with E-state index >= 15 is 0 Å². The van der Waals surface area contributed by atoms with Crippen LogP contribution in [0.15, 0.2) is 0 Å². The predicted octanol–water partition coefficient (Wildman–Crippen LogP) is -2.79. The molecule has 0 aliphatic rings. The first-order chi connectivity index (χ1) is 5.91. The number of carbonyl (C=O) groups is 3. The van der Waals surface area contributed by atoms with E-state index in [1.807, 2.05) is 0 Å². The fourth-order valence-corrected chi connectivity index (χ4v) is 0.733. The van der Waals surface area contributed by atoms with Crippen LogP contribution in [0.1, 0.15) is 0 Å². The standard InChI is InChI=1S/C6H9NO6.Cu/c8-4(9)1-7(2-5(10)11)3-6(12)13;/h1-3H2,(H,8,9)(H,10,11)(H,12,13);/q;+1/p-1. The van der Waals surface area contributed by atoms with Gasteiger partial charge in [0.15, 0.2) is 0 Å². The number of carboxylic acid groups (broad SMARTS) is 3. The maximum absolute atomic E-state index is 10.1. The zero-order valence-corrected chi connectivity index (χ0v) is 7.84. The van der Waals surface area contributed by atoms with Crippen molar-refractivity contribution in [3.8, 4) is 0 Å². The molecule has 84 valence electrons. The number of rotatable bonds is 6. The van der Waals surface area contributed by atoms with Crippen molar-refractivity contribution < 1.29 is 46.8 Å². The molecular weight excluding hydrogens is 246 g/mol. The van der Waals surface area contributed by atoms with Crippen LogP contribution in [0.25, 0.3) is 0 Å². The van der Waals surface area contributed by atoms with Crippen LogP contribution >= 0.6 is 0 Å². The summed E-state index contributed by atoms with van der Waals surface area (Å²) in [5.41, 5.74) is 0. The van der Waals surface area contributed by atoms with Gasteiger partial charge < -0.3 is 20.1 Å². The van der Waals surface area contributed by atoms with Gasteiger partial charge in [0.25, 0.3) is 0 Å². The minimum atomic E-state index is -1.51. The summed E-state index contributed by atoms with van der Waals surface area (Å²) in [6.45, 7) is -1.99. The Kier molecular flexibility index (Phi) is 8.02.